The number of ether oxygens (including phenoxy) is 2. The van der Waals surface area contributed by atoms with Crippen molar-refractivity contribution < 1.29 is 9.47 Å². The quantitative estimate of drug-likeness (QED) is 0.612. The van der Waals surface area contributed by atoms with Gasteiger partial charge in [0, 0.05) is 5.56 Å². The summed E-state index contributed by atoms with van der Waals surface area (Å²) in [6, 6.07) is 16.0. The average molecular weight is 360 g/mol. The first kappa shape index (κ1) is 16.4. The lowest BCUT2D eigenvalue weighted by atomic mass is 10.00. The molecule has 0 fully saturated rings. The van der Waals surface area contributed by atoms with Crippen LogP contribution in [0.2, 0.25) is 0 Å². The summed E-state index contributed by atoms with van der Waals surface area (Å²) in [5.41, 5.74) is 3.32. The van der Waals surface area contributed by atoms with Crippen LogP contribution in [0, 0.1) is 11.3 Å². The number of rotatable bonds is 3. The highest BCUT2D eigenvalue weighted by Gasteiger charge is 2.21. The van der Waals surface area contributed by atoms with Gasteiger partial charge in [0.15, 0.2) is 11.5 Å². The molecule has 4 nitrogen and oxygen atoms in total. The van der Waals surface area contributed by atoms with Crippen molar-refractivity contribution in [1.82, 2.24) is 4.98 Å². The number of para-hydroxylation sites is 2. The number of aromatic nitrogens is 1. The van der Waals surface area contributed by atoms with Crippen LogP contribution in [0.3, 0.4) is 0 Å². The number of hydrogen-bond donors (Lipinski definition) is 0. The predicted octanol–water partition coefficient (Wildman–Crippen LogP) is 5.08. The number of nitrogens with zero attached hydrogens (tertiary/aromatic N) is 2. The van der Waals surface area contributed by atoms with E-state index < -0.39 is 0 Å². The monoisotopic (exact) mass is 360 g/mol. The van der Waals surface area contributed by atoms with E-state index in [1.54, 1.807) is 7.11 Å². The molecular weight excluding hydrogens is 344 g/mol. The molecule has 26 heavy (non-hydrogen) atoms. The number of thiazole rings is 1. The van der Waals surface area contributed by atoms with Gasteiger partial charge in [0.2, 0.25) is 0 Å². The van der Waals surface area contributed by atoms with Crippen molar-refractivity contribution in [3.8, 4) is 17.6 Å². The molecule has 0 saturated carbocycles. The second kappa shape index (κ2) is 6.66. The van der Waals surface area contributed by atoms with Gasteiger partial charge in [0.05, 0.1) is 22.9 Å². The molecule has 2 heterocycles. The molecule has 1 aliphatic rings. The Morgan fingerprint density at radius 1 is 1.27 bits per heavy atom. The van der Waals surface area contributed by atoms with Gasteiger partial charge in [-0.15, -0.1) is 11.3 Å². The van der Waals surface area contributed by atoms with Gasteiger partial charge in [0.25, 0.3) is 0 Å². The van der Waals surface area contributed by atoms with Gasteiger partial charge in [-0.1, -0.05) is 24.3 Å². The van der Waals surface area contributed by atoms with Gasteiger partial charge < -0.3 is 9.47 Å². The van der Waals surface area contributed by atoms with Crippen LogP contribution in [-0.4, -0.2) is 18.2 Å². The zero-order valence-electron chi connectivity index (χ0n) is 14.4. The van der Waals surface area contributed by atoms with Crippen molar-refractivity contribution in [2.45, 2.75) is 13.0 Å². The SMILES string of the molecule is COc1cccc2c1OC(C)C(C=C(C#N)c1nc3ccccc3s1)=C2. The lowest BCUT2D eigenvalue weighted by Crippen LogP contribution is -2.18. The first-order chi connectivity index (χ1) is 12.7. The summed E-state index contributed by atoms with van der Waals surface area (Å²) < 4.78 is 12.5. The average Bonchev–Trinajstić information content (AvgIpc) is 3.09. The third kappa shape index (κ3) is 2.85. The zero-order chi connectivity index (χ0) is 18.1. The highest BCUT2D eigenvalue weighted by Crippen LogP contribution is 2.38. The zero-order valence-corrected chi connectivity index (χ0v) is 15.2. The van der Waals surface area contributed by atoms with Crippen LogP contribution in [0.1, 0.15) is 17.5 Å². The van der Waals surface area contributed by atoms with E-state index in [-0.39, 0.29) is 6.10 Å². The standard InChI is InChI=1S/C21H16N2O2S/c1-13-15(10-14-6-5-8-18(24-2)20(14)25-13)11-16(12-22)21-23-17-7-3-4-9-19(17)26-21/h3-11,13H,1-2H3. The minimum atomic E-state index is -0.184. The summed E-state index contributed by atoms with van der Waals surface area (Å²) in [6.07, 6.45) is 3.72. The van der Waals surface area contributed by atoms with E-state index in [0.717, 1.165) is 32.1 Å². The third-order valence-corrected chi connectivity index (χ3v) is 5.34. The Hall–Kier alpha value is -3.10. The first-order valence-electron chi connectivity index (χ1n) is 8.22. The maximum absolute atomic E-state index is 9.66. The third-order valence-electron chi connectivity index (χ3n) is 4.27. The molecule has 0 radical (unpaired) electrons. The summed E-state index contributed by atoms with van der Waals surface area (Å²) >= 11 is 1.52. The van der Waals surface area contributed by atoms with E-state index in [2.05, 4.69) is 11.1 Å². The van der Waals surface area contributed by atoms with E-state index in [1.807, 2.05) is 61.5 Å². The van der Waals surface area contributed by atoms with Crippen molar-refractivity contribution in [2.75, 3.05) is 7.11 Å². The Morgan fingerprint density at radius 3 is 2.88 bits per heavy atom. The second-order valence-corrected chi connectivity index (χ2v) is 6.97. The molecule has 0 spiro atoms. The normalized spacial score (nSPS) is 16.4. The Bertz CT molecular complexity index is 1060. The molecule has 0 N–H and O–H groups in total. The first-order valence-corrected chi connectivity index (χ1v) is 9.04. The van der Waals surface area contributed by atoms with E-state index in [1.165, 1.54) is 11.3 Å². The largest absolute Gasteiger partial charge is 0.493 e. The molecule has 0 aliphatic carbocycles. The van der Waals surface area contributed by atoms with Crippen molar-refractivity contribution >= 4 is 33.2 Å². The van der Waals surface area contributed by atoms with Crippen LogP contribution >= 0.6 is 11.3 Å². The Kier molecular flexibility index (Phi) is 4.19. The van der Waals surface area contributed by atoms with Crippen LogP contribution in [-0.2, 0) is 0 Å². The molecule has 128 valence electrons. The van der Waals surface area contributed by atoms with Gasteiger partial charge in [-0.2, -0.15) is 5.26 Å². The number of methoxy groups -OCH3 is 1. The molecule has 1 unspecified atom stereocenters. The topological polar surface area (TPSA) is 55.1 Å². The van der Waals surface area contributed by atoms with E-state index in [0.29, 0.717) is 11.3 Å². The molecule has 0 saturated heterocycles. The van der Waals surface area contributed by atoms with Crippen LogP contribution in [0.15, 0.2) is 54.1 Å². The van der Waals surface area contributed by atoms with Crippen molar-refractivity contribution in [2.24, 2.45) is 0 Å². The Morgan fingerprint density at radius 2 is 2.12 bits per heavy atom. The molecule has 5 heteroatoms. The summed E-state index contributed by atoms with van der Waals surface area (Å²) in [4.78, 5) is 4.59. The summed E-state index contributed by atoms with van der Waals surface area (Å²) in [6.45, 7) is 1.96. The fraction of sp³-hybridized carbons (Fsp3) is 0.143. The molecule has 1 atom stereocenters. The lowest BCUT2D eigenvalue weighted by Gasteiger charge is -2.24. The smallest absolute Gasteiger partial charge is 0.169 e. The number of allylic oxidation sites excluding steroid dienone is 1. The number of nitriles is 1. The number of fused-ring (bicyclic) bond motifs is 2. The highest BCUT2D eigenvalue weighted by molar-refractivity contribution is 7.19. The highest BCUT2D eigenvalue weighted by atomic mass is 32.1. The Labute approximate surface area is 155 Å². The fourth-order valence-electron chi connectivity index (χ4n) is 2.93. The number of benzene rings is 2. The molecule has 0 bridgehead atoms. The van der Waals surface area contributed by atoms with Crippen molar-refractivity contribution in [1.29, 1.82) is 5.26 Å². The molecule has 0 amide bonds. The maximum atomic E-state index is 9.66. The minimum Gasteiger partial charge on any atom is -0.493 e. The summed E-state index contributed by atoms with van der Waals surface area (Å²) in [5.74, 6) is 1.44. The molecule has 1 aliphatic heterocycles. The van der Waals surface area contributed by atoms with Crippen LogP contribution in [0.5, 0.6) is 11.5 Å². The molecule has 3 aromatic rings. The summed E-state index contributed by atoms with van der Waals surface area (Å²) in [7, 11) is 1.63. The second-order valence-electron chi connectivity index (χ2n) is 5.94. The van der Waals surface area contributed by atoms with E-state index in [4.69, 9.17) is 9.47 Å². The molecule has 2 aromatic carbocycles. The predicted molar refractivity (Wildman–Crippen MR) is 104 cm³/mol. The van der Waals surface area contributed by atoms with Crippen molar-refractivity contribution in [3.05, 3.63) is 64.7 Å². The Balaban J connectivity index is 1.77. The van der Waals surface area contributed by atoms with Gasteiger partial charge in [-0.3, -0.25) is 0 Å². The van der Waals surface area contributed by atoms with Gasteiger partial charge in [-0.25, -0.2) is 4.98 Å². The van der Waals surface area contributed by atoms with Gasteiger partial charge in [-0.05, 0) is 42.8 Å². The molecule has 4 rings (SSSR count). The van der Waals surface area contributed by atoms with E-state index in [9.17, 15) is 5.26 Å². The van der Waals surface area contributed by atoms with Crippen LogP contribution < -0.4 is 9.47 Å². The molecule has 1 aromatic heterocycles. The van der Waals surface area contributed by atoms with Crippen LogP contribution in [0.4, 0.5) is 0 Å². The van der Waals surface area contributed by atoms with Crippen molar-refractivity contribution in [3.63, 3.8) is 0 Å². The van der Waals surface area contributed by atoms with Crippen LogP contribution in [0.25, 0.3) is 21.9 Å². The van der Waals surface area contributed by atoms with E-state index >= 15 is 0 Å². The summed E-state index contributed by atoms with van der Waals surface area (Å²) in [5, 5.41) is 10.4. The number of hydrogen-bond acceptors (Lipinski definition) is 5. The van der Waals surface area contributed by atoms with Gasteiger partial charge in [0.1, 0.15) is 17.2 Å². The minimum absolute atomic E-state index is 0.184. The lowest BCUT2D eigenvalue weighted by molar-refractivity contribution is 0.243. The van der Waals surface area contributed by atoms with Gasteiger partial charge >= 0.3 is 0 Å². The molecular formula is C21H16N2O2S. The fourth-order valence-corrected chi connectivity index (χ4v) is 3.86. The maximum Gasteiger partial charge on any atom is 0.169 e.